The Kier molecular flexibility index (Phi) is 4.95. The van der Waals surface area contributed by atoms with Gasteiger partial charge in [0.25, 0.3) is 0 Å². The van der Waals surface area contributed by atoms with Crippen molar-refractivity contribution in [1.29, 1.82) is 0 Å². The summed E-state index contributed by atoms with van der Waals surface area (Å²) in [4.78, 5) is 18.9. The molecule has 0 aliphatic carbocycles. The number of fused-ring (bicyclic) bond motifs is 3. The van der Waals surface area contributed by atoms with Crippen LogP contribution in [0.15, 0.2) is 66.7 Å². The molecule has 156 valence electrons. The van der Waals surface area contributed by atoms with Crippen LogP contribution in [0.1, 0.15) is 34.0 Å². The Balaban J connectivity index is 1.58. The van der Waals surface area contributed by atoms with Crippen LogP contribution in [0, 0.1) is 13.8 Å². The minimum atomic E-state index is -0.194. The Morgan fingerprint density at radius 3 is 2.39 bits per heavy atom. The first-order chi connectivity index (χ1) is 15.0. The van der Waals surface area contributed by atoms with Crippen LogP contribution >= 0.6 is 11.6 Å². The van der Waals surface area contributed by atoms with E-state index in [2.05, 4.69) is 41.5 Å². The van der Waals surface area contributed by atoms with Gasteiger partial charge >= 0.3 is 6.03 Å². The molecule has 0 unspecified atom stereocenters. The molecule has 1 atom stereocenters. The van der Waals surface area contributed by atoms with Gasteiger partial charge in [-0.05, 0) is 61.7 Å². The van der Waals surface area contributed by atoms with Crippen LogP contribution in [-0.4, -0.2) is 22.5 Å². The Morgan fingerprint density at radius 1 is 1.00 bits per heavy atom. The molecular weight excluding hydrogens is 406 g/mol. The summed E-state index contributed by atoms with van der Waals surface area (Å²) in [6.07, 6.45) is 0.777. The predicted octanol–water partition coefficient (Wildman–Crippen LogP) is 6.62. The van der Waals surface area contributed by atoms with Crippen molar-refractivity contribution in [2.75, 3.05) is 11.9 Å². The SMILES string of the molecule is Cc1ccc(NC(=O)N2CCc3c([nH]c4ccc(Cl)cc34)[C@@H]2c2ccc(C)cc2)cc1. The maximum atomic E-state index is 13.4. The van der Waals surface area contributed by atoms with E-state index in [1.54, 1.807) is 0 Å². The van der Waals surface area contributed by atoms with E-state index in [0.717, 1.165) is 44.9 Å². The average Bonchev–Trinajstić information content (AvgIpc) is 3.13. The second kappa shape index (κ2) is 7.78. The Hall–Kier alpha value is -3.24. The Morgan fingerprint density at radius 2 is 1.68 bits per heavy atom. The Labute approximate surface area is 186 Å². The number of urea groups is 1. The van der Waals surface area contributed by atoms with Gasteiger partial charge in [-0.25, -0.2) is 4.79 Å². The van der Waals surface area contributed by atoms with Crippen LogP contribution in [0.5, 0.6) is 0 Å². The van der Waals surface area contributed by atoms with E-state index >= 15 is 0 Å². The zero-order chi connectivity index (χ0) is 21.5. The lowest BCUT2D eigenvalue weighted by Crippen LogP contribution is -2.43. The maximum absolute atomic E-state index is 13.4. The van der Waals surface area contributed by atoms with Crippen molar-refractivity contribution in [3.05, 3.63) is 99.7 Å². The summed E-state index contributed by atoms with van der Waals surface area (Å²) >= 11 is 6.28. The third-order valence-corrected chi connectivity index (χ3v) is 6.28. The molecule has 0 saturated heterocycles. The van der Waals surface area contributed by atoms with Crippen LogP contribution in [-0.2, 0) is 6.42 Å². The number of nitrogens with zero attached hydrogens (tertiary/aromatic N) is 1. The zero-order valence-electron chi connectivity index (χ0n) is 17.6. The molecule has 3 aromatic carbocycles. The number of halogens is 1. The quantitative estimate of drug-likeness (QED) is 0.369. The topological polar surface area (TPSA) is 48.1 Å². The molecule has 1 aliphatic heterocycles. The number of amides is 2. The molecular formula is C26H24ClN3O. The van der Waals surface area contributed by atoms with Gasteiger partial charge in [-0.3, -0.25) is 0 Å². The number of hydrogen-bond donors (Lipinski definition) is 2. The second-order valence-corrected chi connectivity index (χ2v) is 8.70. The number of nitrogens with one attached hydrogen (secondary N) is 2. The normalized spacial score (nSPS) is 15.7. The number of hydrogen-bond acceptors (Lipinski definition) is 1. The molecule has 2 N–H and O–H groups in total. The van der Waals surface area contributed by atoms with Gasteiger partial charge in [0.05, 0.1) is 6.04 Å². The van der Waals surface area contributed by atoms with Crippen LogP contribution in [0.25, 0.3) is 10.9 Å². The molecule has 0 fully saturated rings. The molecule has 0 bridgehead atoms. The van der Waals surface area contributed by atoms with Crippen molar-refractivity contribution in [3.63, 3.8) is 0 Å². The number of H-pyrrole nitrogens is 1. The summed E-state index contributed by atoms with van der Waals surface area (Å²) in [5.74, 6) is 0. The maximum Gasteiger partial charge on any atom is 0.322 e. The third kappa shape index (κ3) is 3.68. The summed E-state index contributed by atoms with van der Waals surface area (Å²) in [5, 5.41) is 4.94. The van der Waals surface area contributed by atoms with Gasteiger partial charge in [-0.1, -0.05) is 59.1 Å². The van der Waals surface area contributed by atoms with E-state index in [1.807, 2.05) is 54.3 Å². The molecule has 1 aliphatic rings. The van der Waals surface area contributed by atoms with Crippen molar-refractivity contribution >= 4 is 34.2 Å². The standard InChI is InChI=1S/C26H24ClN3O/c1-16-3-7-18(8-4-16)25-24-21(22-15-19(27)9-12-23(22)29-24)13-14-30(25)26(31)28-20-10-5-17(2)6-11-20/h3-12,15,25,29H,13-14H2,1-2H3,(H,28,31)/t25-/m0/s1. The van der Waals surface area contributed by atoms with Gasteiger partial charge in [0.2, 0.25) is 0 Å². The van der Waals surface area contributed by atoms with Crippen LogP contribution in [0.4, 0.5) is 10.5 Å². The van der Waals surface area contributed by atoms with Crippen molar-refractivity contribution in [3.8, 4) is 0 Å². The summed E-state index contributed by atoms with van der Waals surface area (Å²) in [6, 6.07) is 21.9. The molecule has 4 nitrogen and oxygen atoms in total. The zero-order valence-corrected chi connectivity index (χ0v) is 18.3. The number of rotatable bonds is 2. The molecule has 0 radical (unpaired) electrons. The highest BCUT2D eigenvalue weighted by Gasteiger charge is 2.34. The average molecular weight is 430 g/mol. The highest BCUT2D eigenvalue weighted by Crippen LogP contribution is 2.39. The fourth-order valence-electron chi connectivity index (χ4n) is 4.41. The fourth-order valence-corrected chi connectivity index (χ4v) is 4.58. The smallest absolute Gasteiger partial charge is 0.322 e. The summed E-state index contributed by atoms with van der Waals surface area (Å²) in [6.45, 7) is 4.74. The van der Waals surface area contributed by atoms with E-state index in [9.17, 15) is 4.79 Å². The molecule has 5 heteroatoms. The second-order valence-electron chi connectivity index (χ2n) is 8.26. The van der Waals surface area contributed by atoms with E-state index in [4.69, 9.17) is 11.6 Å². The van der Waals surface area contributed by atoms with E-state index < -0.39 is 0 Å². The lowest BCUT2D eigenvalue weighted by molar-refractivity contribution is 0.193. The summed E-state index contributed by atoms with van der Waals surface area (Å²) in [7, 11) is 0. The van der Waals surface area contributed by atoms with Crippen molar-refractivity contribution in [1.82, 2.24) is 9.88 Å². The first-order valence-corrected chi connectivity index (χ1v) is 10.9. The van der Waals surface area contributed by atoms with Crippen LogP contribution < -0.4 is 5.32 Å². The van der Waals surface area contributed by atoms with Crippen molar-refractivity contribution in [2.24, 2.45) is 0 Å². The number of benzene rings is 3. The predicted molar refractivity (Wildman–Crippen MR) is 127 cm³/mol. The molecule has 2 heterocycles. The van der Waals surface area contributed by atoms with Crippen LogP contribution in [0.2, 0.25) is 5.02 Å². The van der Waals surface area contributed by atoms with E-state index in [0.29, 0.717) is 6.54 Å². The molecule has 1 aromatic heterocycles. The van der Waals surface area contributed by atoms with Crippen molar-refractivity contribution in [2.45, 2.75) is 26.3 Å². The van der Waals surface area contributed by atoms with Gasteiger partial charge in [0.15, 0.2) is 0 Å². The molecule has 4 aromatic rings. The number of aromatic nitrogens is 1. The third-order valence-electron chi connectivity index (χ3n) is 6.05. The van der Waals surface area contributed by atoms with Gasteiger partial charge < -0.3 is 15.2 Å². The summed E-state index contributed by atoms with van der Waals surface area (Å²) in [5.41, 5.74) is 7.59. The lowest BCUT2D eigenvalue weighted by atomic mass is 9.92. The first-order valence-electron chi connectivity index (χ1n) is 10.5. The largest absolute Gasteiger partial charge is 0.356 e. The fraction of sp³-hybridized carbons (Fsp3) is 0.192. The molecule has 31 heavy (non-hydrogen) atoms. The lowest BCUT2D eigenvalue weighted by Gasteiger charge is -2.36. The minimum absolute atomic E-state index is 0.100. The van der Waals surface area contributed by atoms with Crippen LogP contribution in [0.3, 0.4) is 0 Å². The molecule has 5 rings (SSSR count). The van der Waals surface area contributed by atoms with E-state index in [1.165, 1.54) is 11.1 Å². The van der Waals surface area contributed by atoms with Gasteiger partial charge in [0.1, 0.15) is 0 Å². The number of carbonyl (C=O) groups excluding carboxylic acids is 1. The highest BCUT2D eigenvalue weighted by atomic mass is 35.5. The van der Waals surface area contributed by atoms with Crippen molar-refractivity contribution < 1.29 is 4.79 Å². The molecule has 2 amide bonds. The van der Waals surface area contributed by atoms with Gasteiger partial charge in [-0.15, -0.1) is 0 Å². The van der Waals surface area contributed by atoms with Gasteiger partial charge in [-0.2, -0.15) is 0 Å². The first kappa shape index (κ1) is 19.7. The summed E-state index contributed by atoms with van der Waals surface area (Å²) < 4.78 is 0. The monoisotopic (exact) mass is 429 g/mol. The number of aromatic amines is 1. The minimum Gasteiger partial charge on any atom is -0.356 e. The molecule has 0 spiro atoms. The van der Waals surface area contributed by atoms with Gasteiger partial charge in [0, 0.05) is 33.9 Å². The molecule has 0 saturated carbocycles. The Bertz CT molecular complexity index is 1260. The van der Waals surface area contributed by atoms with E-state index in [-0.39, 0.29) is 12.1 Å². The number of anilines is 1. The number of carbonyl (C=O) groups is 1. The highest BCUT2D eigenvalue weighted by molar-refractivity contribution is 6.31. The number of aryl methyl sites for hydroxylation is 2.